The van der Waals surface area contributed by atoms with Gasteiger partial charge in [0.05, 0.1) is 11.7 Å². The minimum atomic E-state index is -0.506. The summed E-state index contributed by atoms with van der Waals surface area (Å²) in [5, 5.41) is 13.9. The predicted molar refractivity (Wildman–Crippen MR) is 83.5 cm³/mol. The highest BCUT2D eigenvalue weighted by Crippen LogP contribution is 2.19. The van der Waals surface area contributed by atoms with Gasteiger partial charge in [-0.05, 0) is 53.5 Å². The molecule has 1 amide bonds. The molecule has 0 saturated carbocycles. The van der Waals surface area contributed by atoms with Crippen LogP contribution in [0.1, 0.15) is 12.0 Å². The Morgan fingerprint density at radius 3 is 3.00 bits per heavy atom. The van der Waals surface area contributed by atoms with Gasteiger partial charge in [0, 0.05) is 5.69 Å². The molecule has 7 nitrogen and oxygen atoms in total. The van der Waals surface area contributed by atoms with E-state index in [2.05, 4.69) is 20.8 Å². The molecule has 21 heavy (non-hydrogen) atoms. The molecule has 8 heteroatoms. The molecule has 0 spiro atoms. The quantitative estimate of drug-likeness (QED) is 0.825. The van der Waals surface area contributed by atoms with Gasteiger partial charge in [-0.25, -0.2) is 4.68 Å². The van der Waals surface area contributed by atoms with Crippen molar-refractivity contribution < 1.29 is 4.79 Å². The number of amides is 1. The van der Waals surface area contributed by atoms with Crippen LogP contribution in [0.3, 0.4) is 0 Å². The van der Waals surface area contributed by atoms with Gasteiger partial charge in [0.15, 0.2) is 0 Å². The average Bonchev–Trinajstić information content (AvgIpc) is 3.01. The van der Waals surface area contributed by atoms with Gasteiger partial charge in [-0.3, -0.25) is 4.79 Å². The van der Waals surface area contributed by atoms with Crippen molar-refractivity contribution >= 4 is 23.4 Å². The van der Waals surface area contributed by atoms with E-state index in [1.54, 1.807) is 11.8 Å². The van der Waals surface area contributed by atoms with Gasteiger partial charge in [0.1, 0.15) is 6.33 Å². The number of anilines is 1. The Labute approximate surface area is 127 Å². The number of carbonyl (C=O) groups excluding carboxylic acids is 1. The van der Waals surface area contributed by atoms with E-state index < -0.39 is 6.04 Å². The van der Waals surface area contributed by atoms with Crippen molar-refractivity contribution in [2.75, 3.05) is 17.3 Å². The fourth-order valence-corrected chi connectivity index (χ4v) is 2.26. The third-order valence-corrected chi connectivity index (χ3v) is 3.71. The highest BCUT2D eigenvalue weighted by Gasteiger charge is 2.14. The fraction of sp³-hybridized carbons (Fsp3) is 0.385. The van der Waals surface area contributed by atoms with Gasteiger partial charge in [0.25, 0.3) is 0 Å². The lowest BCUT2D eigenvalue weighted by Gasteiger charge is -2.14. The monoisotopic (exact) mass is 306 g/mol. The van der Waals surface area contributed by atoms with Gasteiger partial charge < -0.3 is 11.1 Å². The van der Waals surface area contributed by atoms with Crippen molar-refractivity contribution in [1.29, 1.82) is 0 Å². The molecule has 1 aromatic heterocycles. The molecule has 0 aliphatic carbocycles. The number of rotatable bonds is 6. The molecular formula is C13H18N6OS. The van der Waals surface area contributed by atoms with Gasteiger partial charge in [0.2, 0.25) is 5.91 Å². The summed E-state index contributed by atoms with van der Waals surface area (Å²) in [5.74, 6) is 0.680. The number of benzene rings is 1. The number of hydrogen-bond donors (Lipinski definition) is 2. The summed E-state index contributed by atoms with van der Waals surface area (Å²) >= 11 is 1.67. The number of carbonyl (C=O) groups is 1. The summed E-state index contributed by atoms with van der Waals surface area (Å²) in [6, 6.07) is 5.11. The zero-order valence-electron chi connectivity index (χ0n) is 12.0. The Kier molecular flexibility index (Phi) is 5.29. The van der Waals surface area contributed by atoms with Crippen LogP contribution in [-0.4, -0.2) is 44.2 Å². The first-order valence-electron chi connectivity index (χ1n) is 6.51. The van der Waals surface area contributed by atoms with E-state index in [-0.39, 0.29) is 5.91 Å². The number of aromatic nitrogens is 4. The smallest absolute Gasteiger partial charge is 0.241 e. The molecule has 1 aromatic carbocycles. The molecule has 112 valence electrons. The van der Waals surface area contributed by atoms with E-state index in [0.717, 1.165) is 17.0 Å². The van der Waals surface area contributed by atoms with Crippen molar-refractivity contribution in [2.45, 2.75) is 19.4 Å². The largest absolute Gasteiger partial charge is 0.324 e. The maximum atomic E-state index is 12.1. The summed E-state index contributed by atoms with van der Waals surface area (Å²) in [6.45, 7) is 1.92. The second-order valence-corrected chi connectivity index (χ2v) is 5.62. The summed E-state index contributed by atoms with van der Waals surface area (Å²) in [5.41, 5.74) is 8.32. The van der Waals surface area contributed by atoms with Crippen molar-refractivity contribution in [1.82, 2.24) is 20.2 Å². The number of hydrogen-bond acceptors (Lipinski definition) is 6. The van der Waals surface area contributed by atoms with Crippen LogP contribution in [0, 0.1) is 6.92 Å². The number of nitrogens with zero attached hydrogens (tertiary/aromatic N) is 4. The summed E-state index contributed by atoms with van der Waals surface area (Å²) in [7, 11) is 0. The van der Waals surface area contributed by atoms with E-state index in [9.17, 15) is 4.79 Å². The van der Waals surface area contributed by atoms with Crippen LogP contribution < -0.4 is 11.1 Å². The minimum absolute atomic E-state index is 0.180. The van der Waals surface area contributed by atoms with E-state index in [1.165, 1.54) is 11.0 Å². The van der Waals surface area contributed by atoms with Crippen LogP contribution in [0.25, 0.3) is 5.69 Å². The molecule has 0 fully saturated rings. The lowest BCUT2D eigenvalue weighted by molar-refractivity contribution is -0.117. The number of tetrazole rings is 1. The van der Waals surface area contributed by atoms with Crippen molar-refractivity contribution in [3.05, 3.63) is 30.1 Å². The Balaban J connectivity index is 2.12. The Morgan fingerprint density at radius 1 is 1.52 bits per heavy atom. The van der Waals surface area contributed by atoms with E-state index >= 15 is 0 Å². The van der Waals surface area contributed by atoms with Gasteiger partial charge in [-0.2, -0.15) is 11.8 Å². The molecular weight excluding hydrogens is 288 g/mol. The summed E-state index contributed by atoms with van der Waals surface area (Å²) < 4.78 is 1.53. The first kappa shape index (κ1) is 15.5. The lowest BCUT2D eigenvalue weighted by atomic mass is 10.1. The van der Waals surface area contributed by atoms with Crippen LogP contribution in [0.15, 0.2) is 24.5 Å². The third-order valence-electron chi connectivity index (χ3n) is 3.06. The summed E-state index contributed by atoms with van der Waals surface area (Å²) in [4.78, 5) is 12.1. The second-order valence-electron chi connectivity index (χ2n) is 4.63. The van der Waals surface area contributed by atoms with Crippen LogP contribution in [-0.2, 0) is 4.79 Å². The van der Waals surface area contributed by atoms with E-state index in [0.29, 0.717) is 12.1 Å². The normalized spacial score (nSPS) is 12.1. The number of aryl methyl sites for hydroxylation is 1. The SMILES string of the molecule is CSCC[C@H](N)C(=O)Nc1cc(-n2cnnn2)ccc1C. The first-order chi connectivity index (χ1) is 10.1. The van der Waals surface area contributed by atoms with Crippen LogP contribution in [0.5, 0.6) is 0 Å². The van der Waals surface area contributed by atoms with E-state index in [4.69, 9.17) is 5.73 Å². The van der Waals surface area contributed by atoms with Gasteiger partial charge in [-0.15, -0.1) is 5.10 Å². The molecule has 0 radical (unpaired) electrons. The molecule has 2 rings (SSSR count). The van der Waals surface area contributed by atoms with Crippen molar-refractivity contribution in [2.24, 2.45) is 5.73 Å². The second kappa shape index (κ2) is 7.19. The molecule has 1 atom stereocenters. The molecule has 0 aliphatic rings. The molecule has 0 saturated heterocycles. The number of thioether (sulfide) groups is 1. The Morgan fingerprint density at radius 2 is 2.33 bits per heavy atom. The van der Waals surface area contributed by atoms with E-state index in [1.807, 2.05) is 31.4 Å². The van der Waals surface area contributed by atoms with Crippen LogP contribution in [0.2, 0.25) is 0 Å². The maximum Gasteiger partial charge on any atom is 0.241 e. The van der Waals surface area contributed by atoms with Crippen LogP contribution in [0.4, 0.5) is 5.69 Å². The zero-order valence-corrected chi connectivity index (χ0v) is 12.8. The maximum absolute atomic E-state index is 12.1. The topological polar surface area (TPSA) is 98.7 Å². The minimum Gasteiger partial charge on any atom is -0.324 e. The molecule has 2 aromatic rings. The highest BCUT2D eigenvalue weighted by molar-refractivity contribution is 7.98. The van der Waals surface area contributed by atoms with Gasteiger partial charge >= 0.3 is 0 Å². The number of nitrogens with one attached hydrogen (secondary N) is 1. The number of nitrogens with two attached hydrogens (primary N) is 1. The molecule has 1 heterocycles. The average molecular weight is 306 g/mol. The fourth-order valence-electron chi connectivity index (χ4n) is 1.77. The first-order valence-corrected chi connectivity index (χ1v) is 7.90. The molecule has 3 N–H and O–H groups in total. The highest BCUT2D eigenvalue weighted by atomic mass is 32.2. The summed E-state index contributed by atoms with van der Waals surface area (Å²) in [6.07, 6.45) is 4.14. The molecule has 0 aliphatic heterocycles. The molecule has 0 bridgehead atoms. The standard InChI is InChI=1S/C13H18N6OS/c1-9-3-4-10(19-8-15-17-18-19)7-12(9)16-13(20)11(14)5-6-21-2/h3-4,7-8,11H,5-6,14H2,1-2H3,(H,16,20)/t11-/m0/s1. The Bertz CT molecular complexity index is 601. The van der Waals surface area contributed by atoms with Gasteiger partial charge in [-0.1, -0.05) is 6.07 Å². The molecule has 0 unspecified atom stereocenters. The van der Waals surface area contributed by atoms with Crippen molar-refractivity contribution in [3.8, 4) is 5.69 Å². The van der Waals surface area contributed by atoms with Crippen molar-refractivity contribution in [3.63, 3.8) is 0 Å². The Hall–Kier alpha value is -1.93. The predicted octanol–water partition coefficient (Wildman–Crippen LogP) is 0.990. The third kappa shape index (κ3) is 4.02. The zero-order chi connectivity index (χ0) is 15.2. The van der Waals surface area contributed by atoms with Crippen LogP contribution >= 0.6 is 11.8 Å². The lowest BCUT2D eigenvalue weighted by Crippen LogP contribution is -2.36.